The highest BCUT2D eigenvalue weighted by Gasteiger charge is 2.19. The fourth-order valence-electron chi connectivity index (χ4n) is 2.41. The SMILES string of the molecule is COc1ccc(SC(C)C(=O)c2c[nH]c3ccccc23)cc1. The molecule has 0 aliphatic heterocycles. The number of fused-ring (bicyclic) bond motifs is 1. The predicted molar refractivity (Wildman–Crippen MR) is 90.9 cm³/mol. The second kappa shape index (κ2) is 6.28. The summed E-state index contributed by atoms with van der Waals surface area (Å²) in [6.45, 7) is 1.94. The van der Waals surface area contributed by atoms with Crippen LogP contribution in [0.15, 0.2) is 59.6 Å². The zero-order valence-electron chi connectivity index (χ0n) is 12.5. The molecular formula is C18H17NO2S. The number of carbonyl (C=O) groups excluding carboxylic acids is 1. The normalized spacial score (nSPS) is 12.3. The van der Waals surface area contributed by atoms with Crippen molar-refractivity contribution < 1.29 is 9.53 Å². The average Bonchev–Trinajstić information content (AvgIpc) is 2.99. The minimum atomic E-state index is -0.146. The minimum absolute atomic E-state index is 0.137. The molecule has 0 saturated heterocycles. The van der Waals surface area contributed by atoms with E-state index >= 15 is 0 Å². The van der Waals surface area contributed by atoms with Gasteiger partial charge in [-0.15, -0.1) is 11.8 Å². The van der Waals surface area contributed by atoms with Gasteiger partial charge >= 0.3 is 0 Å². The van der Waals surface area contributed by atoms with E-state index < -0.39 is 0 Å². The van der Waals surface area contributed by atoms with Gasteiger partial charge in [0.15, 0.2) is 5.78 Å². The molecule has 0 fully saturated rings. The summed E-state index contributed by atoms with van der Waals surface area (Å²) in [7, 11) is 1.64. The number of hydrogen-bond donors (Lipinski definition) is 1. The third-order valence-corrected chi connectivity index (χ3v) is 4.71. The van der Waals surface area contributed by atoms with Crippen molar-refractivity contribution in [3.63, 3.8) is 0 Å². The molecule has 0 aliphatic carbocycles. The van der Waals surface area contributed by atoms with Crippen molar-refractivity contribution in [2.24, 2.45) is 0 Å². The van der Waals surface area contributed by atoms with Gasteiger partial charge in [0.25, 0.3) is 0 Å². The number of rotatable bonds is 5. The van der Waals surface area contributed by atoms with Crippen molar-refractivity contribution >= 4 is 28.4 Å². The maximum atomic E-state index is 12.7. The first-order valence-corrected chi connectivity index (χ1v) is 7.98. The smallest absolute Gasteiger partial charge is 0.178 e. The Labute approximate surface area is 133 Å². The third-order valence-electron chi connectivity index (χ3n) is 3.60. The molecule has 0 radical (unpaired) electrons. The largest absolute Gasteiger partial charge is 0.497 e. The van der Waals surface area contributed by atoms with Gasteiger partial charge in [0.05, 0.1) is 12.4 Å². The van der Waals surface area contributed by atoms with Crippen LogP contribution in [0.25, 0.3) is 10.9 Å². The number of H-pyrrole nitrogens is 1. The van der Waals surface area contributed by atoms with Crippen molar-refractivity contribution in [2.45, 2.75) is 17.1 Å². The van der Waals surface area contributed by atoms with Gasteiger partial charge in [-0.05, 0) is 37.3 Å². The topological polar surface area (TPSA) is 42.1 Å². The highest BCUT2D eigenvalue weighted by atomic mass is 32.2. The molecule has 0 amide bonds. The Morgan fingerprint density at radius 1 is 1.14 bits per heavy atom. The van der Waals surface area contributed by atoms with Gasteiger partial charge in [-0.1, -0.05) is 18.2 Å². The number of carbonyl (C=O) groups is 1. The van der Waals surface area contributed by atoms with Crippen molar-refractivity contribution in [1.29, 1.82) is 0 Å². The highest BCUT2D eigenvalue weighted by Crippen LogP contribution is 2.29. The Morgan fingerprint density at radius 2 is 1.86 bits per heavy atom. The number of thioether (sulfide) groups is 1. The van der Waals surface area contributed by atoms with Gasteiger partial charge in [-0.3, -0.25) is 4.79 Å². The summed E-state index contributed by atoms with van der Waals surface area (Å²) in [5.41, 5.74) is 1.75. The van der Waals surface area contributed by atoms with Gasteiger partial charge in [-0.25, -0.2) is 0 Å². The number of Topliss-reactive ketones (excluding diaryl/α,β-unsaturated/α-hetero) is 1. The summed E-state index contributed by atoms with van der Waals surface area (Å²) in [5.74, 6) is 0.957. The Morgan fingerprint density at radius 3 is 2.59 bits per heavy atom. The molecule has 2 aromatic carbocycles. The number of aromatic amines is 1. The van der Waals surface area contributed by atoms with Crippen LogP contribution in [0, 0.1) is 0 Å². The molecule has 0 aliphatic rings. The van der Waals surface area contributed by atoms with E-state index in [1.807, 2.05) is 55.5 Å². The summed E-state index contributed by atoms with van der Waals surface area (Å²) in [6, 6.07) is 15.6. The van der Waals surface area contributed by atoms with Gasteiger partial charge in [0.2, 0.25) is 0 Å². The van der Waals surface area contributed by atoms with E-state index in [4.69, 9.17) is 4.74 Å². The monoisotopic (exact) mass is 311 g/mol. The van der Waals surface area contributed by atoms with Crippen LogP contribution in [0.5, 0.6) is 5.75 Å². The number of aromatic nitrogens is 1. The molecule has 1 aromatic heterocycles. The maximum Gasteiger partial charge on any atom is 0.178 e. The standard InChI is InChI=1S/C18H17NO2S/c1-12(22-14-9-7-13(21-2)8-10-14)18(20)16-11-19-17-6-4-3-5-15(16)17/h3-12,19H,1-2H3. The minimum Gasteiger partial charge on any atom is -0.497 e. The lowest BCUT2D eigenvalue weighted by molar-refractivity contribution is 0.0995. The Balaban J connectivity index is 1.79. The van der Waals surface area contributed by atoms with Gasteiger partial charge in [0.1, 0.15) is 5.75 Å². The van der Waals surface area contributed by atoms with Gasteiger partial charge in [-0.2, -0.15) is 0 Å². The van der Waals surface area contributed by atoms with E-state index in [0.717, 1.165) is 27.1 Å². The molecule has 4 heteroatoms. The maximum absolute atomic E-state index is 12.7. The fourth-order valence-corrected chi connectivity index (χ4v) is 3.34. The number of nitrogens with one attached hydrogen (secondary N) is 1. The van der Waals surface area contributed by atoms with E-state index in [-0.39, 0.29) is 11.0 Å². The Kier molecular flexibility index (Phi) is 4.20. The van der Waals surface area contributed by atoms with Crippen LogP contribution in [0.1, 0.15) is 17.3 Å². The average molecular weight is 311 g/mol. The lowest BCUT2D eigenvalue weighted by atomic mass is 10.1. The number of methoxy groups -OCH3 is 1. The van der Waals surface area contributed by atoms with E-state index in [1.54, 1.807) is 25.1 Å². The van der Waals surface area contributed by atoms with Gasteiger partial charge < -0.3 is 9.72 Å². The molecule has 3 aromatic rings. The van der Waals surface area contributed by atoms with Crippen molar-refractivity contribution in [3.8, 4) is 5.75 Å². The zero-order chi connectivity index (χ0) is 15.5. The van der Waals surface area contributed by atoms with Gasteiger partial charge in [0, 0.05) is 27.6 Å². The number of para-hydroxylation sites is 1. The molecule has 0 spiro atoms. The van der Waals surface area contributed by atoms with Crippen LogP contribution in [-0.4, -0.2) is 23.1 Å². The first kappa shape index (κ1) is 14.7. The molecular weight excluding hydrogens is 294 g/mol. The molecule has 3 nitrogen and oxygen atoms in total. The quantitative estimate of drug-likeness (QED) is 0.555. The summed E-state index contributed by atoms with van der Waals surface area (Å²) < 4.78 is 5.15. The van der Waals surface area contributed by atoms with Crippen LogP contribution in [0.2, 0.25) is 0 Å². The molecule has 0 bridgehead atoms. The van der Waals surface area contributed by atoms with E-state index in [1.165, 1.54) is 0 Å². The van der Waals surface area contributed by atoms with E-state index in [9.17, 15) is 4.79 Å². The Bertz CT molecular complexity index is 792. The van der Waals surface area contributed by atoms with E-state index in [2.05, 4.69) is 4.98 Å². The second-order valence-electron chi connectivity index (χ2n) is 5.05. The summed E-state index contributed by atoms with van der Waals surface area (Å²) >= 11 is 1.56. The first-order chi connectivity index (χ1) is 10.7. The number of benzene rings is 2. The lowest BCUT2D eigenvalue weighted by Crippen LogP contribution is -2.12. The lowest BCUT2D eigenvalue weighted by Gasteiger charge is -2.10. The van der Waals surface area contributed by atoms with Crippen molar-refractivity contribution in [1.82, 2.24) is 4.98 Å². The van der Waals surface area contributed by atoms with Crippen LogP contribution in [0.4, 0.5) is 0 Å². The zero-order valence-corrected chi connectivity index (χ0v) is 13.3. The second-order valence-corrected chi connectivity index (χ2v) is 6.46. The number of ether oxygens (including phenoxy) is 1. The molecule has 1 atom stereocenters. The van der Waals surface area contributed by atoms with Crippen LogP contribution >= 0.6 is 11.8 Å². The number of hydrogen-bond acceptors (Lipinski definition) is 3. The molecule has 3 rings (SSSR count). The molecule has 1 unspecified atom stereocenters. The Hall–Kier alpha value is -2.20. The molecule has 22 heavy (non-hydrogen) atoms. The summed E-state index contributed by atoms with van der Waals surface area (Å²) in [6.07, 6.45) is 1.80. The molecule has 0 saturated carbocycles. The molecule has 1 heterocycles. The summed E-state index contributed by atoms with van der Waals surface area (Å²) in [5, 5.41) is 0.835. The van der Waals surface area contributed by atoms with Crippen LogP contribution in [-0.2, 0) is 0 Å². The van der Waals surface area contributed by atoms with Crippen LogP contribution < -0.4 is 4.74 Å². The third kappa shape index (κ3) is 2.88. The molecule has 112 valence electrons. The summed E-state index contributed by atoms with van der Waals surface area (Å²) in [4.78, 5) is 16.9. The first-order valence-electron chi connectivity index (χ1n) is 7.10. The van der Waals surface area contributed by atoms with E-state index in [0.29, 0.717) is 0 Å². The van der Waals surface area contributed by atoms with Crippen LogP contribution in [0.3, 0.4) is 0 Å². The highest BCUT2D eigenvalue weighted by molar-refractivity contribution is 8.00. The van der Waals surface area contributed by atoms with Crippen molar-refractivity contribution in [2.75, 3.05) is 7.11 Å². The predicted octanol–water partition coefficient (Wildman–Crippen LogP) is 4.54. The number of ketones is 1. The fraction of sp³-hybridized carbons (Fsp3) is 0.167. The molecule has 1 N–H and O–H groups in total. The van der Waals surface area contributed by atoms with Crippen molar-refractivity contribution in [3.05, 3.63) is 60.3 Å².